The highest BCUT2D eigenvalue weighted by molar-refractivity contribution is 5.98. The Balaban J connectivity index is 3.03. The van der Waals surface area contributed by atoms with Crippen LogP contribution in [0, 0.1) is 5.92 Å². The Hall–Kier alpha value is -1.65. The summed E-state index contributed by atoms with van der Waals surface area (Å²) < 4.78 is 1.60. The van der Waals surface area contributed by atoms with E-state index in [4.69, 9.17) is 5.11 Å². The molecule has 0 amide bonds. The summed E-state index contributed by atoms with van der Waals surface area (Å²) in [6, 6.07) is 0. The average molecular weight is 252 g/mol. The summed E-state index contributed by atoms with van der Waals surface area (Å²) in [5.74, 6) is -1.79. The molecule has 1 atom stereocenters. The van der Waals surface area contributed by atoms with E-state index in [-0.39, 0.29) is 17.6 Å². The van der Waals surface area contributed by atoms with Crippen LogP contribution in [0.15, 0.2) is 6.20 Å². The molecule has 0 aliphatic rings. The minimum atomic E-state index is -0.954. The van der Waals surface area contributed by atoms with Crippen molar-refractivity contribution >= 4 is 11.8 Å². The van der Waals surface area contributed by atoms with Gasteiger partial charge < -0.3 is 5.11 Å². The van der Waals surface area contributed by atoms with Crippen molar-refractivity contribution < 1.29 is 14.7 Å². The van der Waals surface area contributed by atoms with Gasteiger partial charge in [-0.15, -0.1) is 0 Å². The van der Waals surface area contributed by atoms with Gasteiger partial charge in [-0.05, 0) is 0 Å². The molecule has 1 rings (SSSR count). The fraction of sp³-hybridized carbons (Fsp3) is 0.615. The zero-order valence-corrected chi connectivity index (χ0v) is 11.5. The molecule has 100 valence electrons. The SMILES string of the molecule is CC(CC(=O)c1cn(C)nc1C(C)(C)C)C(=O)O. The molecule has 5 nitrogen and oxygen atoms in total. The molecule has 0 bridgehead atoms. The van der Waals surface area contributed by atoms with Crippen LogP contribution < -0.4 is 0 Å². The summed E-state index contributed by atoms with van der Waals surface area (Å²) in [5.41, 5.74) is 1.00. The number of Topliss-reactive ketones (excluding diaryl/α,β-unsaturated/α-hetero) is 1. The van der Waals surface area contributed by atoms with Crippen molar-refractivity contribution in [3.05, 3.63) is 17.5 Å². The summed E-state index contributed by atoms with van der Waals surface area (Å²) >= 11 is 0. The van der Waals surface area contributed by atoms with Gasteiger partial charge in [-0.2, -0.15) is 5.10 Å². The Morgan fingerprint density at radius 3 is 2.44 bits per heavy atom. The van der Waals surface area contributed by atoms with Gasteiger partial charge in [0.1, 0.15) is 0 Å². The molecule has 1 aromatic rings. The van der Waals surface area contributed by atoms with Crippen LogP contribution in [-0.4, -0.2) is 26.6 Å². The first-order valence-corrected chi connectivity index (χ1v) is 5.93. The Morgan fingerprint density at radius 1 is 1.44 bits per heavy atom. The number of hydrogen-bond acceptors (Lipinski definition) is 3. The van der Waals surface area contributed by atoms with Crippen molar-refractivity contribution in [3.63, 3.8) is 0 Å². The third kappa shape index (κ3) is 3.18. The molecule has 1 heterocycles. The fourth-order valence-corrected chi connectivity index (χ4v) is 1.72. The van der Waals surface area contributed by atoms with Crippen LogP contribution in [-0.2, 0) is 17.3 Å². The van der Waals surface area contributed by atoms with Gasteiger partial charge in [0.15, 0.2) is 5.78 Å². The molecule has 0 saturated heterocycles. The summed E-state index contributed by atoms with van der Waals surface area (Å²) in [6.45, 7) is 7.47. The van der Waals surface area contributed by atoms with Crippen molar-refractivity contribution in [2.75, 3.05) is 0 Å². The molecule has 0 spiro atoms. The van der Waals surface area contributed by atoms with Gasteiger partial charge in [0.25, 0.3) is 0 Å². The fourth-order valence-electron chi connectivity index (χ4n) is 1.72. The van der Waals surface area contributed by atoms with Gasteiger partial charge >= 0.3 is 5.97 Å². The third-order valence-electron chi connectivity index (χ3n) is 2.75. The van der Waals surface area contributed by atoms with E-state index in [1.54, 1.807) is 17.9 Å². The molecule has 1 unspecified atom stereocenters. The van der Waals surface area contributed by atoms with E-state index in [9.17, 15) is 9.59 Å². The lowest BCUT2D eigenvalue weighted by molar-refractivity contribution is -0.141. The molecule has 0 saturated carbocycles. The molecule has 0 aliphatic heterocycles. The largest absolute Gasteiger partial charge is 0.481 e. The molecule has 0 aliphatic carbocycles. The predicted molar refractivity (Wildman–Crippen MR) is 67.7 cm³/mol. The van der Waals surface area contributed by atoms with Crippen molar-refractivity contribution in [2.24, 2.45) is 13.0 Å². The Labute approximate surface area is 107 Å². The Morgan fingerprint density at radius 2 is 2.00 bits per heavy atom. The number of carbonyl (C=O) groups excluding carboxylic acids is 1. The van der Waals surface area contributed by atoms with E-state index in [0.717, 1.165) is 0 Å². The molecule has 5 heteroatoms. The van der Waals surface area contributed by atoms with E-state index in [1.807, 2.05) is 20.8 Å². The number of aromatic nitrogens is 2. The van der Waals surface area contributed by atoms with Crippen LogP contribution in [0.3, 0.4) is 0 Å². The number of hydrogen-bond donors (Lipinski definition) is 1. The van der Waals surface area contributed by atoms with Crippen molar-refractivity contribution in [3.8, 4) is 0 Å². The predicted octanol–water partition coefficient (Wildman–Crippen LogP) is 2.01. The molecule has 1 N–H and O–H groups in total. The maximum absolute atomic E-state index is 12.1. The zero-order chi connectivity index (χ0) is 14.1. The Kier molecular flexibility index (Phi) is 3.94. The van der Waals surface area contributed by atoms with E-state index in [2.05, 4.69) is 5.10 Å². The molecule has 18 heavy (non-hydrogen) atoms. The standard InChI is InChI=1S/C13H20N2O3/c1-8(12(17)18)6-10(16)9-7-15(5)14-11(9)13(2,3)4/h7-8H,6H2,1-5H3,(H,17,18). The average Bonchev–Trinajstić information content (AvgIpc) is 2.59. The van der Waals surface area contributed by atoms with Crippen LogP contribution in [0.1, 0.15) is 50.2 Å². The smallest absolute Gasteiger partial charge is 0.306 e. The molecular formula is C13H20N2O3. The lowest BCUT2D eigenvalue weighted by Gasteiger charge is -2.17. The van der Waals surface area contributed by atoms with Gasteiger partial charge in [-0.1, -0.05) is 27.7 Å². The number of rotatable bonds is 4. The number of nitrogens with zero attached hydrogens (tertiary/aromatic N) is 2. The normalized spacial score (nSPS) is 13.4. The lowest BCUT2D eigenvalue weighted by Crippen LogP contribution is -2.19. The highest BCUT2D eigenvalue weighted by Gasteiger charge is 2.27. The summed E-state index contributed by atoms with van der Waals surface area (Å²) in [5, 5.41) is 13.1. The number of carboxylic acid groups (broad SMARTS) is 1. The number of ketones is 1. The van der Waals surface area contributed by atoms with Gasteiger partial charge in [0.2, 0.25) is 0 Å². The maximum Gasteiger partial charge on any atom is 0.306 e. The van der Waals surface area contributed by atoms with E-state index < -0.39 is 11.9 Å². The Bertz CT molecular complexity index is 469. The van der Waals surface area contributed by atoms with E-state index in [1.165, 1.54) is 6.92 Å². The second-order valence-corrected chi connectivity index (χ2v) is 5.68. The minimum absolute atomic E-state index is 0.00407. The van der Waals surface area contributed by atoms with E-state index in [0.29, 0.717) is 11.3 Å². The second-order valence-electron chi connectivity index (χ2n) is 5.68. The summed E-state index contributed by atoms with van der Waals surface area (Å²) in [4.78, 5) is 22.9. The first kappa shape index (κ1) is 14.4. The summed E-state index contributed by atoms with van der Waals surface area (Å²) in [7, 11) is 1.76. The maximum atomic E-state index is 12.1. The van der Waals surface area contributed by atoms with Gasteiger partial charge in [0.05, 0.1) is 17.2 Å². The van der Waals surface area contributed by atoms with Crippen LogP contribution in [0.5, 0.6) is 0 Å². The highest BCUT2D eigenvalue weighted by Crippen LogP contribution is 2.25. The van der Waals surface area contributed by atoms with Gasteiger partial charge in [-0.25, -0.2) is 0 Å². The highest BCUT2D eigenvalue weighted by atomic mass is 16.4. The number of aliphatic carboxylic acids is 1. The van der Waals surface area contributed by atoms with Crippen LogP contribution in [0.4, 0.5) is 0 Å². The lowest BCUT2D eigenvalue weighted by atomic mass is 9.87. The molecular weight excluding hydrogens is 232 g/mol. The topological polar surface area (TPSA) is 72.2 Å². The first-order chi connectivity index (χ1) is 8.12. The van der Waals surface area contributed by atoms with Crippen molar-refractivity contribution in [1.29, 1.82) is 0 Å². The van der Waals surface area contributed by atoms with Crippen LogP contribution >= 0.6 is 0 Å². The van der Waals surface area contributed by atoms with E-state index >= 15 is 0 Å². The van der Waals surface area contributed by atoms with Gasteiger partial charge in [-0.3, -0.25) is 14.3 Å². The zero-order valence-electron chi connectivity index (χ0n) is 11.5. The monoisotopic (exact) mass is 252 g/mol. The van der Waals surface area contributed by atoms with Crippen LogP contribution in [0.25, 0.3) is 0 Å². The first-order valence-electron chi connectivity index (χ1n) is 5.93. The van der Waals surface area contributed by atoms with Crippen LogP contribution in [0.2, 0.25) is 0 Å². The summed E-state index contributed by atoms with van der Waals surface area (Å²) in [6.07, 6.45) is 1.67. The molecule has 0 aromatic carbocycles. The van der Waals surface area contributed by atoms with Crippen molar-refractivity contribution in [1.82, 2.24) is 9.78 Å². The molecule has 0 fully saturated rings. The second kappa shape index (κ2) is 4.92. The van der Waals surface area contributed by atoms with Gasteiger partial charge in [0, 0.05) is 25.1 Å². The number of carbonyl (C=O) groups is 2. The third-order valence-corrected chi connectivity index (χ3v) is 2.75. The number of aryl methyl sites for hydroxylation is 1. The quantitative estimate of drug-likeness (QED) is 0.832. The minimum Gasteiger partial charge on any atom is -0.481 e. The number of carboxylic acids is 1. The van der Waals surface area contributed by atoms with Crippen molar-refractivity contribution in [2.45, 2.75) is 39.5 Å². The molecule has 0 radical (unpaired) electrons. The molecule has 1 aromatic heterocycles.